The van der Waals surface area contributed by atoms with E-state index >= 15 is 0 Å². The Morgan fingerprint density at radius 2 is 1.78 bits per heavy atom. The monoisotopic (exact) mass is 275 g/mol. The molecule has 0 bridgehead atoms. The molecule has 0 aliphatic heterocycles. The molecule has 0 amide bonds. The first kappa shape index (κ1) is 14.7. The fourth-order valence-corrected chi connectivity index (χ4v) is 3.38. The third-order valence-corrected chi connectivity index (χ3v) is 4.97. The van der Waals surface area contributed by atoms with Crippen molar-refractivity contribution in [2.75, 3.05) is 7.05 Å². The molecular weight excluding hydrogens is 258 g/mol. The minimum atomic E-state index is -3.86. The van der Waals surface area contributed by atoms with Crippen LogP contribution in [-0.4, -0.2) is 36.9 Å². The van der Waals surface area contributed by atoms with Gasteiger partial charge >= 0.3 is 5.97 Å². The number of hydrogen-bond acceptors (Lipinski definition) is 4. The molecule has 1 aromatic rings. The summed E-state index contributed by atoms with van der Waals surface area (Å²) in [5, 5.41) is 9.10. The van der Waals surface area contributed by atoms with E-state index in [-0.39, 0.29) is 28.0 Å². The second kappa shape index (κ2) is 4.74. The van der Waals surface area contributed by atoms with Crippen LogP contribution >= 0.6 is 0 Å². The molecule has 0 aromatic carbocycles. The Morgan fingerprint density at radius 3 is 2.17 bits per heavy atom. The zero-order chi connectivity index (χ0) is 14.2. The molecule has 1 aromatic heterocycles. The molecule has 0 spiro atoms. The number of carboxylic acids is 1. The van der Waals surface area contributed by atoms with Gasteiger partial charge in [0.05, 0.1) is 0 Å². The number of nitrogens with zero attached hydrogens (tertiary/aromatic N) is 1. The van der Waals surface area contributed by atoms with E-state index in [0.717, 1.165) is 4.31 Å². The number of rotatable bonds is 4. The van der Waals surface area contributed by atoms with Crippen molar-refractivity contribution in [1.29, 1.82) is 0 Å². The quantitative estimate of drug-likeness (QED) is 0.902. The minimum absolute atomic E-state index is 0.0933. The van der Waals surface area contributed by atoms with Crippen LogP contribution in [-0.2, 0) is 10.0 Å². The predicted molar refractivity (Wildman–Crippen MR) is 65.2 cm³/mol. The summed E-state index contributed by atoms with van der Waals surface area (Å²) in [6, 6.07) is -0.272. The fourth-order valence-electron chi connectivity index (χ4n) is 1.64. The standard InChI is InChI=1S/C11H17NO5S/c1-6(2)12(5)18(15,16)10-8(4)17-7(3)9(10)11(13)14/h6H,1-5H3,(H,13,14). The second-order valence-electron chi connectivity index (χ2n) is 4.34. The van der Waals surface area contributed by atoms with Gasteiger partial charge in [-0.25, -0.2) is 13.2 Å². The van der Waals surface area contributed by atoms with Crippen molar-refractivity contribution in [2.45, 2.75) is 38.6 Å². The Labute approximate surface area is 106 Å². The van der Waals surface area contributed by atoms with Gasteiger partial charge in [0.1, 0.15) is 22.0 Å². The molecule has 7 heteroatoms. The Kier molecular flexibility index (Phi) is 3.87. The first-order valence-electron chi connectivity index (χ1n) is 5.42. The zero-order valence-electron chi connectivity index (χ0n) is 11.0. The molecule has 0 radical (unpaired) electrons. The van der Waals surface area contributed by atoms with Gasteiger partial charge in [0.2, 0.25) is 10.0 Å². The molecule has 0 atom stereocenters. The maximum atomic E-state index is 12.3. The highest BCUT2D eigenvalue weighted by atomic mass is 32.2. The lowest BCUT2D eigenvalue weighted by molar-refractivity contribution is 0.0691. The maximum Gasteiger partial charge on any atom is 0.340 e. The second-order valence-corrected chi connectivity index (χ2v) is 6.27. The van der Waals surface area contributed by atoms with Gasteiger partial charge in [0.15, 0.2) is 0 Å². The molecule has 1 heterocycles. The summed E-state index contributed by atoms with van der Waals surface area (Å²) in [5.41, 5.74) is -0.292. The van der Waals surface area contributed by atoms with E-state index in [0.29, 0.717) is 0 Å². The molecule has 1 N–H and O–H groups in total. The van der Waals surface area contributed by atoms with Crippen LogP contribution in [0.3, 0.4) is 0 Å². The predicted octanol–water partition coefficient (Wildman–Crippen LogP) is 1.62. The lowest BCUT2D eigenvalue weighted by Gasteiger charge is -2.20. The summed E-state index contributed by atoms with van der Waals surface area (Å²) in [7, 11) is -2.45. The molecule has 1 rings (SSSR count). The largest absolute Gasteiger partial charge is 0.478 e. The Balaban J connectivity index is 3.56. The van der Waals surface area contributed by atoms with Gasteiger partial charge in [-0.15, -0.1) is 0 Å². The molecule has 102 valence electrons. The number of furan rings is 1. The molecular formula is C11H17NO5S. The number of carboxylic acid groups (broad SMARTS) is 1. The summed E-state index contributed by atoms with van der Waals surface area (Å²) < 4.78 is 30.9. The normalized spacial score (nSPS) is 12.4. The van der Waals surface area contributed by atoms with E-state index in [1.807, 2.05) is 0 Å². The molecule has 0 saturated carbocycles. The van der Waals surface area contributed by atoms with Crippen molar-refractivity contribution in [3.05, 3.63) is 17.1 Å². The van der Waals surface area contributed by atoms with Crippen molar-refractivity contribution in [3.63, 3.8) is 0 Å². The number of carbonyl (C=O) groups is 1. The van der Waals surface area contributed by atoms with Gasteiger partial charge in [-0.1, -0.05) is 0 Å². The van der Waals surface area contributed by atoms with Crippen molar-refractivity contribution in [2.24, 2.45) is 0 Å². The fraction of sp³-hybridized carbons (Fsp3) is 0.545. The molecule has 0 fully saturated rings. The first-order valence-corrected chi connectivity index (χ1v) is 6.86. The van der Waals surface area contributed by atoms with Crippen molar-refractivity contribution >= 4 is 16.0 Å². The lowest BCUT2D eigenvalue weighted by atomic mass is 10.2. The van der Waals surface area contributed by atoms with Crippen molar-refractivity contribution < 1.29 is 22.7 Å². The Morgan fingerprint density at radius 1 is 1.28 bits per heavy atom. The highest BCUT2D eigenvalue weighted by molar-refractivity contribution is 7.89. The van der Waals surface area contributed by atoms with Crippen LogP contribution in [0.2, 0.25) is 0 Å². The third kappa shape index (κ3) is 2.28. The number of aryl methyl sites for hydroxylation is 2. The number of sulfonamides is 1. The maximum absolute atomic E-state index is 12.3. The topological polar surface area (TPSA) is 87.8 Å². The van der Waals surface area contributed by atoms with Gasteiger partial charge in [0.25, 0.3) is 0 Å². The summed E-state index contributed by atoms with van der Waals surface area (Å²) in [6.07, 6.45) is 0. The Hall–Kier alpha value is -1.34. The van der Waals surface area contributed by atoms with E-state index in [9.17, 15) is 13.2 Å². The summed E-state index contributed by atoms with van der Waals surface area (Å²) >= 11 is 0. The van der Waals surface area contributed by atoms with Crippen LogP contribution in [0.15, 0.2) is 9.31 Å². The molecule has 6 nitrogen and oxygen atoms in total. The summed E-state index contributed by atoms with van der Waals surface area (Å²) in [6.45, 7) is 6.30. The SMILES string of the molecule is Cc1oc(C)c(S(=O)(=O)N(C)C(C)C)c1C(=O)O. The molecule has 0 aliphatic carbocycles. The summed E-state index contributed by atoms with van der Waals surface area (Å²) in [5.74, 6) is -1.12. The van der Waals surface area contributed by atoms with E-state index in [2.05, 4.69) is 0 Å². The van der Waals surface area contributed by atoms with Crippen molar-refractivity contribution in [1.82, 2.24) is 4.31 Å². The van der Waals surface area contributed by atoms with Gasteiger partial charge < -0.3 is 9.52 Å². The number of hydrogen-bond donors (Lipinski definition) is 1. The average Bonchev–Trinajstić information content (AvgIpc) is 2.52. The highest BCUT2D eigenvalue weighted by Crippen LogP contribution is 2.29. The van der Waals surface area contributed by atoms with Gasteiger partial charge in [-0.05, 0) is 27.7 Å². The van der Waals surface area contributed by atoms with Gasteiger partial charge in [-0.3, -0.25) is 0 Å². The zero-order valence-corrected chi connectivity index (χ0v) is 11.8. The van der Waals surface area contributed by atoms with Gasteiger partial charge in [0, 0.05) is 13.1 Å². The minimum Gasteiger partial charge on any atom is -0.478 e. The summed E-state index contributed by atoms with van der Waals surface area (Å²) in [4.78, 5) is 10.9. The van der Waals surface area contributed by atoms with E-state index in [1.54, 1.807) is 13.8 Å². The number of aromatic carboxylic acids is 1. The van der Waals surface area contributed by atoms with Gasteiger partial charge in [-0.2, -0.15) is 4.31 Å². The molecule has 0 saturated heterocycles. The smallest absolute Gasteiger partial charge is 0.340 e. The van der Waals surface area contributed by atoms with E-state index in [4.69, 9.17) is 9.52 Å². The van der Waals surface area contributed by atoms with Crippen LogP contribution < -0.4 is 0 Å². The lowest BCUT2D eigenvalue weighted by Crippen LogP contribution is -2.34. The van der Waals surface area contributed by atoms with Crippen LogP contribution in [0.1, 0.15) is 35.7 Å². The first-order chi connectivity index (χ1) is 8.10. The third-order valence-electron chi connectivity index (χ3n) is 2.78. The van der Waals surface area contributed by atoms with Crippen LogP contribution in [0.5, 0.6) is 0 Å². The van der Waals surface area contributed by atoms with Crippen molar-refractivity contribution in [3.8, 4) is 0 Å². The van der Waals surface area contributed by atoms with Crippen LogP contribution in [0, 0.1) is 13.8 Å². The van der Waals surface area contributed by atoms with Crippen LogP contribution in [0.25, 0.3) is 0 Å². The van der Waals surface area contributed by atoms with Crippen LogP contribution in [0.4, 0.5) is 0 Å². The highest BCUT2D eigenvalue weighted by Gasteiger charge is 2.34. The van der Waals surface area contributed by atoms with E-state index in [1.165, 1.54) is 20.9 Å². The molecule has 18 heavy (non-hydrogen) atoms. The van der Waals surface area contributed by atoms with E-state index < -0.39 is 16.0 Å². The molecule has 0 unspecified atom stereocenters. The Bertz CT molecular complexity index is 570. The molecule has 0 aliphatic rings. The average molecular weight is 275 g/mol.